The molecule has 4 nitrogen and oxygen atoms in total. The Bertz CT molecular complexity index is 844. The van der Waals surface area contributed by atoms with E-state index in [-0.39, 0.29) is 17.6 Å². The van der Waals surface area contributed by atoms with Crippen molar-refractivity contribution in [2.75, 3.05) is 7.05 Å². The third-order valence-corrected chi connectivity index (χ3v) is 5.42. The van der Waals surface area contributed by atoms with Gasteiger partial charge in [0.05, 0.1) is 10.9 Å². The second kappa shape index (κ2) is 7.23. The maximum absolute atomic E-state index is 12.9. The molecule has 0 heterocycles. The molecule has 0 fully saturated rings. The van der Waals surface area contributed by atoms with Crippen LogP contribution in [0.3, 0.4) is 0 Å². The van der Waals surface area contributed by atoms with Crippen molar-refractivity contribution in [3.63, 3.8) is 0 Å². The van der Waals surface area contributed by atoms with E-state index in [4.69, 9.17) is 0 Å². The first-order chi connectivity index (χ1) is 12.0. The Balaban J connectivity index is 1.99. The summed E-state index contributed by atoms with van der Waals surface area (Å²) >= 11 is 1.21. The molecule has 0 aromatic heterocycles. The van der Waals surface area contributed by atoms with Crippen LogP contribution in [0.15, 0.2) is 52.9 Å². The van der Waals surface area contributed by atoms with E-state index in [1.807, 2.05) is 31.2 Å². The first-order valence-corrected chi connectivity index (χ1v) is 9.11. The van der Waals surface area contributed by atoms with Crippen LogP contribution in [0.5, 0.6) is 5.75 Å². The molecule has 0 unspecified atom stereocenters. The number of nitrogens with one attached hydrogen (secondary N) is 1. The Hall–Kier alpha value is -2.40. The smallest absolute Gasteiger partial charge is 0.231 e. The fraction of sp³-hybridized carbons (Fsp3) is 0.300. The van der Waals surface area contributed by atoms with Crippen LogP contribution in [0.1, 0.15) is 29.5 Å². The highest BCUT2D eigenvalue weighted by Gasteiger charge is 2.47. The number of hydrogen-bond donors (Lipinski definition) is 2. The molecule has 130 valence electrons. The van der Waals surface area contributed by atoms with E-state index in [1.54, 1.807) is 24.7 Å². The molecule has 2 aromatic rings. The number of carbonyl (C=O) groups excluding carboxylic acids is 1. The van der Waals surface area contributed by atoms with Crippen molar-refractivity contribution >= 4 is 22.5 Å². The number of benzene rings is 2. The standard InChI is InChI=1S/C20H22N2O2S/c1-20(19(24)22-13-25-21-2)12-15-8-9-16(23)11-17(15)18(20)10-14-6-4-3-5-7-14/h3-9,11,13,18,23H,10,12H2,1-2H3,(H,22,24)/t18-,20+/m0/s1. The van der Waals surface area contributed by atoms with E-state index < -0.39 is 5.41 Å². The van der Waals surface area contributed by atoms with Crippen molar-refractivity contribution in [2.45, 2.75) is 25.7 Å². The molecule has 2 atom stereocenters. The van der Waals surface area contributed by atoms with Crippen LogP contribution < -0.4 is 5.32 Å². The minimum atomic E-state index is -0.573. The highest BCUT2D eigenvalue weighted by molar-refractivity contribution is 7.67. The quantitative estimate of drug-likeness (QED) is 0.829. The van der Waals surface area contributed by atoms with Gasteiger partial charge in [0.25, 0.3) is 0 Å². The first-order valence-electron chi connectivity index (χ1n) is 8.28. The Morgan fingerprint density at radius 2 is 2.12 bits per heavy atom. The zero-order chi connectivity index (χ0) is 17.9. The number of hydrogen-bond acceptors (Lipinski definition) is 3. The van der Waals surface area contributed by atoms with Gasteiger partial charge in [0.2, 0.25) is 5.91 Å². The van der Waals surface area contributed by atoms with Gasteiger partial charge in [0, 0.05) is 13.0 Å². The lowest BCUT2D eigenvalue weighted by Gasteiger charge is -2.30. The summed E-state index contributed by atoms with van der Waals surface area (Å²) in [4.78, 5) is 12.9. The molecule has 2 aromatic carbocycles. The maximum Gasteiger partial charge on any atom is 0.231 e. The lowest BCUT2D eigenvalue weighted by molar-refractivity contribution is -0.129. The largest absolute Gasteiger partial charge is 0.508 e. The zero-order valence-electron chi connectivity index (χ0n) is 14.4. The Kier molecular flexibility index (Phi) is 5.04. The van der Waals surface area contributed by atoms with Crippen molar-refractivity contribution in [3.05, 3.63) is 65.2 Å². The predicted molar refractivity (Wildman–Crippen MR) is 103 cm³/mol. The predicted octanol–water partition coefficient (Wildman–Crippen LogP) is 3.05. The van der Waals surface area contributed by atoms with Gasteiger partial charge in [0.1, 0.15) is 5.75 Å². The molecule has 0 spiro atoms. The van der Waals surface area contributed by atoms with Crippen LogP contribution in [0.4, 0.5) is 0 Å². The van der Waals surface area contributed by atoms with Crippen molar-refractivity contribution in [2.24, 2.45) is 9.78 Å². The molecular formula is C20H22N2O2S. The summed E-state index contributed by atoms with van der Waals surface area (Å²) in [6, 6.07) is 15.6. The van der Waals surface area contributed by atoms with Gasteiger partial charge < -0.3 is 10.4 Å². The fourth-order valence-corrected chi connectivity index (χ4v) is 3.92. The molecule has 0 saturated carbocycles. The van der Waals surface area contributed by atoms with Gasteiger partial charge in [-0.2, -0.15) is 0 Å². The summed E-state index contributed by atoms with van der Waals surface area (Å²) in [5.74, 6) is 0.239. The number of phenols is 1. The Labute approximate surface area is 151 Å². The normalized spacial score (nSPS) is 21.3. The molecular weight excluding hydrogens is 332 g/mol. The molecule has 1 amide bonds. The number of nitrogens with zero attached hydrogens (tertiary/aromatic N) is 1. The van der Waals surface area contributed by atoms with E-state index in [0.29, 0.717) is 6.42 Å². The van der Waals surface area contributed by atoms with Crippen molar-refractivity contribution in [1.29, 1.82) is 0 Å². The highest BCUT2D eigenvalue weighted by Crippen LogP contribution is 2.49. The maximum atomic E-state index is 12.9. The second-order valence-corrected chi connectivity index (χ2v) is 7.41. The molecule has 1 aliphatic carbocycles. The number of phenolic OH excluding ortho intramolecular Hbond substituents is 1. The molecule has 0 bridgehead atoms. The van der Waals surface area contributed by atoms with Gasteiger partial charge in [0.15, 0.2) is 0 Å². The molecule has 0 radical (unpaired) electrons. The first kappa shape index (κ1) is 17.4. The van der Waals surface area contributed by atoms with E-state index in [1.165, 1.54) is 16.7 Å². The van der Waals surface area contributed by atoms with Crippen LogP contribution in [0, 0.1) is 5.41 Å². The summed E-state index contributed by atoms with van der Waals surface area (Å²) in [7, 11) is 1.68. The van der Waals surface area contributed by atoms with Crippen LogP contribution in [-0.2, 0) is 28.8 Å². The van der Waals surface area contributed by atoms with E-state index in [2.05, 4.69) is 21.8 Å². The van der Waals surface area contributed by atoms with Crippen molar-refractivity contribution in [3.8, 4) is 5.75 Å². The highest BCUT2D eigenvalue weighted by atomic mass is 32.1. The fourth-order valence-electron chi connectivity index (χ4n) is 3.65. The monoisotopic (exact) mass is 354 g/mol. The molecule has 3 rings (SSSR count). The molecule has 2 N–H and O–H groups in total. The summed E-state index contributed by atoms with van der Waals surface area (Å²) in [6.07, 6.45) is 1.42. The zero-order valence-corrected chi connectivity index (χ0v) is 15.2. The summed E-state index contributed by atoms with van der Waals surface area (Å²) in [5.41, 5.74) is 4.42. The van der Waals surface area contributed by atoms with Crippen LogP contribution in [-0.4, -0.2) is 23.6 Å². The minimum absolute atomic E-state index is 0.00830. The SMILES string of the molecule is CN=S=CNC(=O)[C@]1(C)Cc2ccc(O)cc2[C@@H]1Cc1ccccc1. The molecule has 0 saturated heterocycles. The number of rotatable bonds is 4. The molecule has 5 heteroatoms. The van der Waals surface area contributed by atoms with Gasteiger partial charge in [-0.1, -0.05) is 36.4 Å². The van der Waals surface area contributed by atoms with E-state index >= 15 is 0 Å². The number of amides is 1. The summed E-state index contributed by atoms with van der Waals surface area (Å²) in [5, 5.41) is 12.8. The van der Waals surface area contributed by atoms with E-state index in [9.17, 15) is 9.90 Å². The summed E-state index contributed by atoms with van der Waals surface area (Å²) in [6.45, 7) is 2.01. The van der Waals surface area contributed by atoms with Crippen LogP contribution >= 0.6 is 0 Å². The Morgan fingerprint density at radius 3 is 2.84 bits per heavy atom. The Morgan fingerprint density at radius 1 is 1.36 bits per heavy atom. The lowest BCUT2D eigenvalue weighted by Crippen LogP contribution is -2.41. The molecule has 25 heavy (non-hydrogen) atoms. The van der Waals surface area contributed by atoms with Gasteiger partial charge in [-0.05, 0) is 59.7 Å². The number of fused-ring (bicyclic) bond motifs is 1. The van der Waals surface area contributed by atoms with E-state index in [0.717, 1.165) is 17.5 Å². The van der Waals surface area contributed by atoms with Crippen molar-refractivity contribution < 1.29 is 9.90 Å². The van der Waals surface area contributed by atoms with Gasteiger partial charge in [-0.15, -0.1) is 0 Å². The average Bonchev–Trinajstić information content (AvgIpc) is 2.89. The molecule has 1 aliphatic rings. The third kappa shape index (κ3) is 3.51. The van der Waals surface area contributed by atoms with Gasteiger partial charge >= 0.3 is 0 Å². The lowest BCUT2D eigenvalue weighted by atomic mass is 9.74. The van der Waals surface area contributed by atoms with Gasteiger partial charge in [-0.3, -0.25) is 4.79 Å². The second-order valence-electron chi connectivity index (χ2n) is 6.60. The number of aromatic hydroxyl groups is 1. The van der Waals surface area contributed by atoms with Gasteiger partial charge in [-0.25, -0.2) is 4.36 Å². The number of carbonyl (C=O) groups is 1. The van der Waals surface area contributed by atoms with Crippen LogP contribution in [0.25, 0.3) is 0 Å². The minimum Gasteiger partial charge on any atom is -0.508 e. The summed E-state index contributed by atoms with van der Waals surface area (Å²) < 4.78 is 3.91. The third-order valence-electron chi connectivity index (χ3n) is 4.98. The molecule has 0 aliphatic heterocycles. The topological polar surface area (TPSA) is 61.7 Å². The van der Waals surface area contributed by atoms with Crippen LogP contribution in [0.2, 0.25) is 0 Å². The van der Waals surface area contributed by atoms with Crippen molar-refractivity contribution in [1.82, 2.24) is 5.32 Å². The average molecular weight is 354 g/mol.